The lowest BCUT2D eigenvalue weighted by Gasteiger charge is -2.12. The first-order valence-electron chi connectivity index (χ1n) is 6.65. The highest BCUT2D eigenvalue weighted by atomic mass is 32.2. The third-order valence-corrected chi connectivity index (χ3v) is 5.45. The van der Waals surface area contributed by atoms with Gasteiger partial charge in [0, 0.05) is 29.2 Å². The van der Waals surface area contributed by atoms with Crippen molar-refractivity contribution in [3.63, 3.8) is 0 Å². The summed E-state index contributed by atoms with van der Waals surface area (Å²) in [4.78, 5) is 0.380. The van der Waals surface area contributed by atoms with E-state index >= 15 is 0 Å². The van der Waals surface area contributed by atoms with Crippen LogP contribution in [0.2, 0.25) is 0 Å². The van der Waals surface area contributed by atoms with Crippen LogP contribution in [0.1, 0.15) is 31.2 Å². The van der Waals surface area contributed by atoms with Crippen molar-refractivity contribution in [2.24, 2.45) is 0 Å². The highest BCUT2D eigenvalue weighted by Crippen LogP contribution is 2.34. The first-order chi connectivity index (χ1) is 9.06. The number of hydrogen-bond donors (Lipinski definition) is 2. The monoisotopic (exact) mass is 278 g/mol. The molecule has 0 unspecified atom stereocenters. The van der Waals surface area contributed by atoms with E-state index in [0.29, 0.717) is 23.2 Å². The number of nitrogens with one attached hydrogen (secondary N) is 1. The summed E-state index contributed by atoms with van der Waals surface area (Å²) in [7, 11) is -3.27. The van der Waals surface area contributed by atoms with Gasteiger partial charge >= 0.3 is 0 Å². The fourth-order valence-corrected chi connectivity index (χ4v) is 4.35. The van der Waals surface area contributed by atoms with Crippen LogP contribution in [0.3, 0.4) is 0 Å². The van der Waals surface area contributed by atoms with E-state index in [0.717, 1.165) is 11.1 Å². The summed E-state index contributed by atoms with van der Waals surface area (Å²) >= 11 is 0. The molecule has 2 aliphatic rings. The Bertz CT molecular complexity index is 629. The Labute approximate surface area is 113 Å². The number of sulfone groups is 1. The van der Waals surface area contributed by atoms with E-state index in [1.807, 2.05) is 0 Å². The zero-order chi connectivity index (χ0) is 13.5. The number of nitrogens with two attached hydrogens (primary N) is 1. The van der Waals surface area contributed by atoms with Gasteiger partial charge in [0.15, 0.2) is 0 Å². The van der Waals surface area contributed by atoms with Gasteiger partial charge in [0.25, 0.3) is 0 Å². The molecule has 1 fully saturated rings. The second-order valence-electron chi connectivity index (χ2n) is 5.31. The van der Waals surface area contributed by atoms with Crippen molar-refractivity contribution in [1.82, 2.24) is 5.32 Å². The number of nitrogen functional groups attached to an aromatic ring is 1. The maximum atomic E-state index is 12.0. The van der Waals surface area contributed by atoms with Crippen molar-refractivity contribution in [3.8, 4) is 0 Å². The second kappa shape index (κ2) is 4.65. The maximum Gasteiger partial charge on any atom is 0.200 e. The summed E-state index contributed by atoms with van der Waals surface area (Å²) in [6.07, 6.45) is 4.89. The largest absolute Gasteiger partial charge is 0.399 e. The summed E-state index contributed by atoms with van der Waals surface area (Å²) in [6.45, 7) is 0.598. The molecule has 1 heterocycles. The van der Waals surface area contributed by atoms with Gasteiger partial charge in [-0.05, 0) is 36.6 Å². The van der Waals surface area contributed by atoms with E-state index in [1.165, 1.54) is 31.1 Å². The molecule has 1 aromatic rings. The topological polar surface area (TPSA) is 72.2 Å². The van der Waals surface area contributed by atoms with Crippen LogP contribution in [0.15, 0.2) is 28.5 Å². The molecular weight excluding hydrogens is 260 g/mol. The number of anilines is 1. The average molecular weight is 278 g/mol. The van der Waals surface area contributed by atoms with Gasteiger partial charge in [-0.2, -0.15) is 0 Å². The van der Waals surface area contributed by atoms with Crippen molar-refractivity contribution in [2.75, 3.05) is 12.3 Å². The molecule has 1 aliphatic heterocycles. The van der Waals surface area contributed by atoms with Crippen LogP contribution < -0.4 is 11.1 Å². The normalized spacial score (nSPS) is 21.4. The van der Waals surface area contributed by atoms with Crippen LogP contribution in [0, 0.1) is 0 Å². The standard InChI is InChI=1S/C14H18N2O2S/c15-11-5-6-14-13(7-11)10(9-19(14,17)18)8-16-12-3-1-2-4-12/h5-7,9,12,16H,1-4,8,15H2. The van der Waals surface area contributed by atoms with E-state index in [-0.39, 0.29) is 0 Å². The van der Waals surface area contributed by atoms with Crippen LogP contribution in [0.5, 0.6) is 0 Å². The highest BCUT2D eigenvalue weighted by Gasteiger charge is 2.27. The smallest absolute Gasteiger partial charge is 0.200 e. The Kier molecular flexibility index (Phi) is 3.11. The molecule has 0 amide bonds. The van der Waals surface area contributed by atoms with E-state index in [9.17, 15) is 8.42 Å². The fraction of sp³-hybridized carbons (Fsp3) is 0.429. The summed E-state index contributed by atoms with van der Waals surface area (Å²) in [6, 6.07) is 5.51. The Morgan fingerprint density at radius 2 is 2.00 bits per heavy atom. The third kappa shape index (κ3) is 2.40. The van der Waals surface area contributed by atoms with Crippen LogP contribution >= 0.6 is 0 Å². The molecule has 0 radical (unpaired) electrons. The van der Waals surface area contributed by atoms with Gasteiger partial charge in [-0.15, -0.1) is 0 Å². The minimum Gasteiger partial charge on any atom is -0.399 e. The predicted octanol–water partition coefficient (Wildman–Crippen LogP) is 1.93. The molecule has 0 spiro atoms. The number of fused-ring (bicyclic) bond motifs is 1. The van der Waals surface area contributed by atoms with Crippen LogP contribution in [-0.4, -0.2) is 21.0 Å². The molecule has 19 heavy (non-hydrogen) atoms. The van der Waals surface area contributed by atoms with E-state index in [2.05, 4.69) is 5.32 Å². The van der Waals surface area contributed by atoms with E-state index < -0.39 is 9.84 Å². The van der Waals surface area contributed by atoms with Gasteiger partial charge in [0.1, 0.15) is 0 Å². The molecule has 102 valence electrons. The first-order valence-corrected chi connectivity index (χ1v) is 8.20. The maximum absolute atomic E-state index is 12.0. The van der Waals surface area contributed by atoms with Crippen LogP contribution in [-0.2, 0) is 9.84 Å². The van der Waals surface area contributed by atoms with Crippen molar-refractivity contribution in [2.45, 2.75) is 36.6 Å². The molecule has 3 rings (SSSR count). The summed E-state index contributed by atoms with van der Waals surface area (Å²) in [5, 5.41) is 4.82. The molecule has 0 bridgehead atoms. The van der Waals surface area contributed by atoms with Crippen molar-refractivity contribution in [1.29, 1.82) is 0 Å². The Hall–Kier alpha value is -1.33. The second-order valence-corrected chi connectivity index (χ2v) is 7.07. The summed E-state index contributed by atoms with van der Waals surface area (Å²) in [5.41, 5.74) is 7.94. The SMILES string of the molecule is Nc1ccc2c(c1)C(CNC1CCCC1)=CS2(=O)=O. The molecule has 1 aromatic carbocycles. The predicted molar refractivity (Wildman–Crippen MR) is 76.3 cm³/mol. The minimum absolute atomic E-state index is 0.380. The molecule has 4 nitrogen and oxygen atoms in total. The number of hydrogen-bond acceptors (Lipinski definition) is 4. The molecule has 5 heteroatoms. The Morgan fingerprint density at radius 1 is 1.26 bits per heavy atom. The molecule has 1 saturated carbocycles. The van der Waals surface area contributed by atoms with Crippen LogP contribution in [0.4, 0.5) is 5.69 Å². The number of rotatable bonds is 3. The molecule has 0 aromatic heterocycles. The van der Waals surface area contributed by atoms with Gasteiger partial charge in [0.2, 0.25) is 9.84 Å². The quantitative estimate of drug-likeness (QED) is 0.829. The van der Waals surface area contributed by atoms with E-state index in [1.54, 1.807) is 18.2 Å². The molecule has 0 saturated heterocycles. The number of benzene rings is 1. The Morgan fingerprint density at radius 3 is 2.74 bits per heavy atom. The van der Waals surface area contributed by atoms with Crippen molar-refractivity contribution >= 4 is 21.1 Å². The molecular formula is C14H18N2O2S. The molecule has 3 N–H and O–H groups in total. The minimum atomic E-state index is -3.27. The molecule has 0 atom stereocenters. The van der Waals surface area contributed by atoms with Gasteiger partial charge in [-0.3, -0.25) is 0 Å². The van der Waals surface area contributed by atoms with Crippen molar-refractivity contribution in [3.05, 3.63) is 29.2 Å². The van der Waals surface area contributed by atoms with Crippen LogP contribution in [0.25, 0.3) is 5.57 Å². The van der Waals surface area contributed by atoms with E-state index in [4.69, 9.17) is 5.73 Å². The first kappa shape index (κ1) is 12.7. The summed E-state index contributed by atoms with van der Waals surface area (Å²) < 4.78 is 24.1. The average Bonchev–Trinajstić information content (AvgIpc) is 2.94. The zero-order valence-corrected chi connectivity index (χ0v) is 11.5. The summed E-state index contributed by atoms with van der Waals surface area (Å²) in [5.74, 6) is 0. The molecule has 1 aliphatic carbocycles. The van der Waals surface area contributed by atoms with Gasteiger partial charge in [0.05, 0.1) is 4.90 Å². The lowest BCUT2D eigenvalue weighted by Crippen LogP contribution is -2.27. The van der Waals surface area contributed by atoms with Gasteiger partial charge in [-0.25, -0.2) is 8.42 Å². The zero-order valence-electron chi connectivity index (χ0n) is 10.7. The lowest BCUT2D eigenvalue weighted by molar-refractivity contribution is 0.560. The van der Waals surface area contributed by atoms with Gasteiger partial charge < -0.3 is 11.1 Å². The van der Waals surface area contributed by atoms with Crippen molar-refractivity contribution < 1.29 is 8.42 Å². The van der Waals surface area contributed by atoms with Gasteiger partial charge in [-0.1, -0.05) is 12.8 Å². The fourth-order valence-electron chi connectivity index (χ4n) is 2.88. The lowest BCUT2D eigenvalue weighted by atomic mass is 10.1. The third-order valence-electron chi connectivity index (χ3n) is 3.89. The highest BCUT2D eigenvalue weighted by molar-refractivity contribution is 7.95. The Balaban J connectivity index is 1.84.